The third-order valence-corrected chi connectivity index (χ3v) is 5.01. The fraction of sp³-hybridized carbons (Fsp3) is 0.188. The summed E-state index contributed by atoms with van der Waals surface area (Å²) in [6, 6.07) is 9.33. The van der Waals surface area contributed by atoms with Crippen LogP contribution in [0.1, 0.15) is 28.3 Å². The SMILES string of the molecule is Cc1c(Br)cccc1C(N)c1cc2c(cc1Cl)NC(=O)C2. The first-order valence-corrected chi connectivity index (χ1v) is 7.77. The van der Waals surface area contributed by atoms with E-state index in [1.165, 1.54) is 0 Å². The van der Waals surface area contributed by atoms with Gasteiger partial charge in [0.25, 0.3) is 0 Å². The number of benzene rings is 2. The molecule has 1 amide bonds. The van der Waals surface area contributed by atoms with E-state index in [-0.39, 0.29) is 11.9 Å². The van der Waals surface area contributed by atoms with E-state index < -0.39 is 0 Å². The number of carbonyl (C=O) groups excluding carboxylic acids is 1. The fourth-order valence-electron chi connectivity index (χ4n) is 2.63. The van der Waals surface area contributed by atoms with Gasteiger partial charge in [0.05, 0.1) is 12.5 Å². The first-order valence-electron chi connectivity index (χ1n) is 6.60. The highest BCUT2D eigenvalue weighted by molar-refractivity contribution is 9.10. The van der Waals surface area contributed by atoms with Crippen molar-refractivity contribution in [3.8, 4) is 0 Å². The summed E-state index contributed by atoms with van der Waals surface area (Å²) in [6.07, 6.45) is 0.379. The van der Waals surface area contributed by atoms with Gasteiger partial charge in [0, 0.05) is 15.2 Å². The third kappa shape index (κ3) is 2.59. The fourth-order valence-corrected chi connectivity index (χ4v) is 3.30. The lowest BCUT2D eigenvalue weighted by Gasteiger charge is -2.18. The number of nitrogens with two attached hydrogens (primary N) is 1. The van der Waals surface area contributed by atoms with Gasteiger partial charge in [-0.1, -0.05) is 39.7 Å². The average Bonchev–Trinajstić information content (AvgIpc) is 2.79. The largest absolute Gasteiger partial charge is 0.325 e. The summed E-state index contributed by atoms with van der Waals surface area (Å²) in [7, 11) is 0. The number of anilines is 1. The molecular formula is C16H14BrClN2O. The van der Waals surface area contributed by atoms with Gasteiger partial charge in [-0.05, 0) is 47.4 Å². The zero-order chi connectivity index (χ0) is 15.1. The van der Waals surface area contributed by atoms with Gasteiger partial charge in [0.15, 0.2) is 0 Å². The van der Waals surface area contributed by atoms with Crippen LogP contribution in [0.2, 0.25) is 5.02 Å². The van der Waals surface area contributed by atoms with Crippen LogP contribution in [-0.4, -0.2) is 5.91 Å². The Morgan fingerprint density at radius 3 is 2.86 bits per heavy atom. The van der Waals surface area contributed by atoms with Gasteiger partial charge < -0.3 is 11.1 Å². The highest BCUT2D eigenvalue weighted by Gasteiger charge is 2.23. The summed E-state index contributed by atoms with van der Waals surface area (Å²) in [5.74, 6) is -0.00887. The van der Waals surface area contributed by atoms with Crippen LogP contribution in [0.25, 0.3) is 0 Å². The van der Waals surface area contributed by atoms with Crippen molar-refractivity contribution in [1.82, 2.24) is 0 Å². The molecule has 2 aromatic carbocycles. The van der Waals surface area contributed by atoms with Crippen molar-refractivity contribution in [1.29, 1.82) is 0 Å². The quantitative estimate of drug-likeness (QED) is 0.846. The van der Waals surface area contributed by atoms with Crippen molar-refractivity contribution in [2.45, 2.75) is 19.4 Å². The van der Waals surface area contributed by atoms with Crippen LogP contribution < -0.4 is 11.1 Å². The lowest BCUT2D eigenvalue weighted by atomic mass is 9.94. The molecule has 5 heteroatoms. The molecule has 0 aromatic heterocycles. The molecule has 21 heavy (non-hydrogen) atoms. The predicted molar refractivity (Wildman–Crippen MR) is 88.7 cm³/mol. The van der Waals surface area contributed by atoms with Crippen molar-refractivity contribution < 1.29 is 4.79 Å². The van der Waals surface area contributed by atoms with Crippen molar-refractivity contribution >= 4 is 39.1 Å². The van der Waals surface area contributed by atoms with Gasteiger partial charge in [-0.3, -0.25) is 4.79 Å². The molecule has 1 aliphatic rings. The van der Waals surface area contributed by atoms with Gasteiger partial charge in [-0.2, -0.15) is 0 Å². The summed E-state index contributed by atoms with van der Waals surface area (Å²) in [5.41, 5.74) is 11.1. The Labute approximate surface area is 136 Å². The Morgan fingerprint density at radius 2 is 2.10 bits per heavy atom. The molecule has 3 N–H and O–H groups in total. The number of fused-ring (bicyclic) bond motifs is 1. The van der Waals surface area contributed by atoms with E-state index in [1.807, 2.05) is 31.2 Å². The van der Waals surface area contributed by atoms with E-state index in [9.17, 15) is 4.79 Å². The molecule has 1 heterocycles. The second kappa shape index (κ2) is 5.44. The zero-order valence-corrected chi connectivity index (χ0v) is 13.8. The van der Waals surface area contributed by atoms with Crippen molar-refractivity contribution in [3.63, 3.8) is 0 Å². The minimum absolute atomic E-state index is 0.00887. The molecule has 0 saturated carbocycles. The topological polar surface area (TPSA) is 55.1 Å². The normalized spacial score (nSPS) is 14.8. The second-order valence-corrected chi connectivity index (χ2v) is 6.45. The van der Waals surface area contributed by atoms with Crippen LogP contribution in [0.4, 0.5) is 5.69 Å². The van der Waals surface area contributed by atoms with Crippen LogP contribution in [0.15, 0.2) is 34.8 Å². The van der Waals surface area contributed by atoms with Crippen molar-refractivity contribution in [2.75, 3.05) is 5.32 Å². The van der Waals surface area contributed by atoms with Crippen LogP contribution in [0, 0.1) is 6.92 Å². The minimum Gasteiger partial charge on any atom is -0.325 e. The standard InChI is InChI=1S/C16H14BrClN2O/c1-8-10(3-2-4-12(8)17)16(19)11-5-9-6-15(21)20-14(9)7-13(11)18/h2-5,7,16H,6,19H2,1H3,(H,20,21). The predicted octanol–water partition coefficient (Wildman–Crippen LogP) is 3.95. The molecule has 0 fully saturated rings. The molecule has 3 nitrogen and oxygen atoms in total. The van der Waals surface area contributed by atoms with Gasteiger partial charge in [0.2, 0.25) is 5.91 Å². The zero-order valence-electron chi connectivity index (χ0n) is 11.4. The molecule has 2 aromatic rings. The summed E-state index contributed by atoms with van der Waals surface area (Å²) in [4.78, 5) is 11.5. The monoisotopic (exact) mass is 364 g/mol. The van der Waals surface area contributed by atoms with Crippen LogP contribution in [0.5, 0.6) is 0 Å². The first-order chi connectivity index (χ1) is 9.97. The van der Waals surface area contributed by atoms with E-state index in [1.54, 1.807) is 6.07 Å². The molecule has 1 atom stereocenters. The number of nitrogens with one attached hydrogen (secondary N) is 1. The Hall–Kier alpha value is -1.36. The minimum atomic E-state index is -0.323. The number of hydrogen-bond donors (Lipinski definition) is 2. The number of hydrogen-bond acceptors (Lipinski definition) is 2. The first kappa shape index (κ1) is 14.6. The number of rotatable bonds is 2. The summed E-state index contributed by atoms with van der Waals surface area (Å²) in [6.45, 7) is 2.02. The molecule has 0 radical (unpaired) electrons. The van der Waals surface area contributed by atoms with E-state index in [0.717, 1.165) is 32.4 Å². The molecular weight excluding hydrogens is 352 g/mol. The highest BCUT2D eigenvalue weighted by atomic mass is 79.9. The van der Waals surface area contributed by atoms with E-state index >= 15 is 0 Å². The summed E-state index contributed by atoms with van der Waals surface area (Å²) >= 11 is 9.87. The van der Waals surface area contributed by atoms with Crippen LogP contribution in [0.3, 0.4) is 0 Å². The van der Waals surface area contributed by atoms with E-state index in [2.05, 4.69) is 21.2 Å². The van der Waals surface area contributed by atoms with Gasteiger partial charge in [-0.25, -0.2) is 0 Å². The lowest BCUT2D eigenvalue weighted by molar-refractivity contribution is -0.115. The number of halogens is 2. The van der Waals surface area contributed by atoms with Crippen LogP contribution >= 0.6 is 27.5 Å². The molecule has 0 bridgehead atoms. The Kier molecular flexibility index (Phi) is 3.78. The maximum Gasteiger partial charge on any atom is 0.228 e. The molecule has 3 rings (SSSR count). The second-order valence-electron chi connectivity index (χ2n) is 5.19. The molecule has 0 saturated heterocycles. The molecule has 0 spiro atoms. The Balaban J connectivity index is 2.06. The van der Waals surface area contributed by atoms with E-state index in [4.69, 9.17) is 17.3 Å². The molecule has 108 valence electrons. The summed E-state index contributed by atoms with van der Waals surface area (Å²) in [5, 5.41) is 3.36. The average molecular weight is 366 g/mol. The highest BCUT2D eigenvalue weighted by Crippen LogP contribution is 2.36. The maximum absolute atomic E-state index is 11.5. The number of carbonyl (C=O) groups is 1. The van der Waals surface area contributed by atoms with Crippen molar-refractivity contribution in [2.24, 2.45) is 5.73 Å². The van der Waals surface area contributed by atoms with Gasteiger partial charge >= 0.3 is 0 Å². The summed E-state index contributed by atoms with van der Waals surface area (Å²) < 4.78 is 1.02. The van der Waals surface area contributed by atoms with Crippen molar-refractivity contribution in [3.05, 3.63) is 62.1 Å². The van der Waals surface area contributed by atoms with Gasteiger partial charge in [0.1, 0.15) is 0 Å². The van der Waals surface area contributed by atoms with Gasteiger partial charge in [-0.15, -0.1) is 0 Å². The lowest BCUT2D eigenvalue weighted by Crippen LogP contribution is -2.14. The molecule has 0 aliphatic carbocycles. The number of amides is 1. The van der Waals surface area contributed by atoms with Crippen LogP contribution in [-0.2, 0) is 11.2 Å². The van der Waals surface area contributed by atoms with E-state index in [0.29, 0.717) is 11.4 Å². The Bertz CT molecular complexity index is 745. The maximum atomic E-state index is 11.5. The molecule has 1 aliphatic heterocycles. The Morgan fingerprint density at radius 1 is 1.33 bits per heavy atom. The smallest absolute Gasteiger partial charge is 0.228 e. The third-order valence-electron chi connectivity index (χ3n) is 3.83. The molecule has 1 unspecified atom stereocenters.